The van der Waals surface area contributed by atoms with Gasteiger partial charge >= 0.3 is 0 Å². The molecule has 0 bridgehead atoms. The molecule has 1 aromatic heterocycles. The molecule has 9 nitrogen and oxygen atoms in total. The summed E-state index contributed by atoms with van der Waals surface area (Å²) in [5, 5.41) is 10.5. The van der Waals surface area contributed by atoms with E-state index in [0.717, 1.165) is 16.8 Å². The predicted molar refractivity (Wildman–Crippen MR) is 131 cm³/mol. The summed E-state index contributed by atoms with van der Waals surface area (Å²) in [6.45, 7) is 2.08. The molecule has 2 aliphatic heterocycles. The van der Waals surface area contributed by atoms with Gasteiger partial charge in [-0.15, -0.1) is 0 Å². The SMILES string of the molecule is COc1ccc(Cl)cc1-c1ccc2c(c1)C(=O)N1CC(NC(=O)c3cc(C)n(C)n3)CC1C(=O)N2. The first kappa shape index (κ1) is 22.9. The molecule has 2 unspecified atom stereocenters. The van der Waals surface area contributed by atoms with Crippen molar-refractivity contribution in [3.05, 3.63) is 64.4 Å². The number of nitrogens with zero attached hydrogens (tertiary/aromatic N) is 3. The van der Waals surface area contributed by atoms with E-state index in [4.69, 9.17) is 16.3 Å². The second kappa shape index (κ2) is 8.74. The fraction of sp³-hybridized carbons (Fsp3) is 0.280. The van der Waals surface area contributed by atoms with Crippen LogP contribution in [0.5, 0.6) is 5.75 Å². The number of nitrogens with one attached hydrogen (secondary N) is 2. The highest BCUT2D eigenvalue weighted by atomic mass is 35.5. The Hall–Kier alpha value is -3.85. The number of aryl methyl sites for hydroxylation is 2. The van der Waals surface area contributed by atoms with Crippen LogP contribution in [0.3, 0.4) is 0 Å². The summed E-state index contributed by atoms with van der Waals surface area (Å²) in [6, 6.07) is 11.2. The van der Waals surface area contributed by atoms with Crippen LogP contribution < -0.4 is 15.4 Å². The van der Waals surface area contributed by atoms with E-state index in [2.05, 4.69) is 15.7 Å². The van der Waals surface area contributed by atoms with Crippen LogP contribution in [-0.4, -0.2) is 58.1 Å². The van der Waals surface area contributed by atoms with Crippen molar-refractivity contribution in [1.29, 1.82) is 0 Å². The van der Waals surface area contributed by atoms with Gasteiger partial charge in [0.15, 0.2) is 0 Å². The Balaban J connectivity index is 1.42. The first-order chi connectivity index (χ1) is 16.7. The Bertz CT molecular complexity index is 1350. The van der Waals surface area contributed by atoms with Gasteiger partial charge < -0.3 is 20.3 Å². The van der Waals surface area contributed by atoms with Gasteiger partial charge in [0.05, 0.1) is 18.4 Å². The Morgan fingerprint density at radius 2 is 1.97 bits per heavy atom. The quantitative estimate of drug-likeness (QED) is 0.581. The van der Waals surface area contributed by atoms with Crippen LogP contribution in [-0.2, 0) is 11.8 Å². The highest BCUT2D eigenvalue weighted by Crippen LogP contribution is 2.36. The van der Waals surface area contributed by atoms with E-state index in [1.54, 1.807) is 55.2 Å². The predicted octanol–water partition coefficient (Wildman–Crippen LogP) is 3.02. The van der Waals surface area contributed by atoms with Gasteiger partial charge in [-0.1, -0.05) is 17.7 Å². The van der Waals surface area contributed by atoms with Crippen molar-refractivity contribution in [2.24, 2.45) is 7.05 Å². The number of anilines is 1. The number of halogens is 1. The number of carbonyl (C=O) groups is 3. The molecule has 180 valence electrons. The van der Waals surface area contributed by atoms with Crippen LogP contribution in [0.2, 0.25) is 5.02 Å². The summed E-state index contributed by atoms with van der Waals surface area (Å²) >= 11 is 6.20. The Labute approximate surface area is 207 Å². The van der Waals surface area contributed by atoms with Gasteiger partial charge in [0, 0.05) is 35.9 Å². The van der Waals surface area contributed by atoms with E-state index < -0.39 is 6.04 Å². The number of hydrogen-bond donors (Lipinski definition) is 2. The van der Waals surface area contributed by atoms with E-state index >= 15 is 0 Å². The first-order valence-corrected chi connectivity index (χ1v) is 11.5. The van der Waals surface area contributed by atoms with Crippen molar-refractivity contribution in [3.8, 4) is 16.9 Å². The molecule has 3 amide bonds. The van der Waals surface area contributed by atoms with Crippen molar-refractivity contribution in [1.82, 2.24) is 20.0 Å². The molecule has 1 saturated heterocycles. The number of rotatable bonds is 4. The number of amides is 3. The van der Waals surface area contributed by atoms with E-state index in [0.29, 0.717) is 34.1 Å². The number of ether oxygens (including phenoxy) is 1. The van der Waals surface area contributed by atoms with Crippen LogP contribution in [0.1, 0.15) is 33.0 Å². The van der Waals surface area contributed by atoms with Crippen molar-refractivity contribution < 1.29 is 19.1 Å². The normalized spacial score (nSPS) is 19.0. The summed E-state index contributed by atoms with van der Waals surface area (Å²) in [4.78, 5) is 40.7. The van der Waals surface area contributed by atoms with E-state index in [-0.39, 0.29) is 30.3 Å². The van der Waals surface area contributed by atoms with Crippen LogP contribution >= 0.6 is 11.6 Å². The van der Waals surface area contributed by atoms with E-state index in [1.165, 1.54) is 4.90 Å². The van der Waals surface area contributed by atoms with Crippen molar-refractivity contribution >= 4 is 35.0 Å². The van der Waals surface area contributed by atoms with E-state index in [1.807, 2.05) is 13.0 Å². The number of benzene rings is 2. The van der Waals surface area contributed by atoms with Crippen LogP contribution in [0.15, 0.2) is 42.5 Å². The molecule has 0 radical (unpaired) electrons. The average Bonchev–Trinajstić information content (AvgIpc) is 3.39. The van der Waals surface area contributed by atoms with Crippen molar-refractivity contribution in [2.75, 3.05) is 19.0 Å². The highest BCUT2D eigenvalue weighted by molar-refractivity contribution is 6.31. The van der Waals surface area contributed by atoms with Gasteiger partial charge in [0.1, 0.15) is 17.5 Å². The second-order valence-electron chi connectivity index (χ2n) is 8.77. The Morgan fingerprint density at radius 3 is 2.69 bits per heavy atom. The zero-order valence-corrected chi connectivity index (χ0v) is 20.2. The summed E-state index contributed by atoms with van der Waals surface area (Å²) in [6.07, 6.45) is 0.318. The third kappa shape index (κ3) is 4.12. The third-order valence-electron chi connectivity index (χ3n) is 6.53. The topological polar surface area (TPSA) is 106 Å². The molecule has 0 aliphatic carbocycles. The standard InChI is InChI=1S/C25H24ClN5O4/c1-13-8-20(29-30(13)2)23(32)27-16-11-21-24(33)28-19-6-4-14(9-18(19)25(34)31(21)12-16)17-10-15(26)5-7-22(17)35-3/h4-10,16,21H,11-12H2,1-3H3,(H,27,32)(H,28,33). The summed E-state index contributed by atoms with van der Waals surface area (Å²) in [7, 11) is 3.33. The molecular weight excluding hydrogens is 470 g/mol. The maximum Gasteiger partial charge on any atom is 0.272 e. The number of methoxy groups -OCH3 is 1. The molecule has 0 saturated carbocycles. The Kier molecular flexibility index (Phi) is 5.72. The van der Waals surface area contributed by atoms with E-state index in [9.17, 15) is 14.4 Å². The fourth-order valence-corrected chi connectivity index (χ4v) is 4.79. The molecule has 2 aliphatic rings. The number of hydrogen-bond acceptors (Lipinski definition) is 5. The van der Waals surface area contributed by atoms with Crippen molar-refractivity contribution in [2.45, 2.75) is 25.4 Å². The van der Waals surface area contributed by atoms with Gasteiger partial charge in [-0.25, -0.2) is 0 Å². The summed E-state index contributed by atoms with van der Waals surface area (Å²) in [5.74, 6) is -0.279. The average molecular weight is 494 g/mol. The lowest BCUT2D eigenvalue weighted by Gasteiger charge is -2.20. The lowest BCUT2D eigenvalue weighted by molar-refractivity contribution is -0.119. The number of carbonyl (C=O) groups excluding carboxylic acids is 3. The minimum absolute atomic E-state index is 0.221. The molecule has 2 N–H and O–H groups in total. The molecule has 35 heavy (non-hydrogen) atoms. The van der Waals surface area contributed by atoms with Crippen molar-refractivity contribution in [3.63, 3.8) is 0 Å². The maximum absolute atomic E-state index is 13.6. The smallest absolute Gasteiger partial charge is 0.272 e. The molecule has 10 heteroatoms. The molecule has 5 rings (SSSR count). The summed E-state index contributed by atoms with van der Waals surface area (Å²) in [5.41, 5.74) is 3.44. The minimum atomic E-state index is -0.685. The lowest BCUT2D eigenvalue weighted by Crippen LogP contribution is -2.41. The molecular formula is C25H24ClN5O4. The largest absolute Gasteiger partial charge is 0.496 e. The molecule has 0 spiro atoms. The van der Waals surface area contributed by atoms with Crippen LogP contribution in [0, 0.1) is 6.92 Å². The lowest BCUT2D eigenvalue weighted by atomic mass is 10.00. The van der Waals surface area contributed by atoms with Gasteiger partial charge in [-0.3, -0.25) is 19.1 Å². The number of aromatic nitrogens is 2. The number of fused-ring (bicyclic) bond motifs is 2. The molecule has 2 aromatic carbocycles. The van der Waals surface area contributed by atoms with Gasteiger partial charge in [0.25, 0.3) is 11.8 Å². The van der Waals surface area contributed by atoms with Crippen LogP contribution in [0.25, 0.3) is 11.1 Å². The van der Waals surface area contributed by atoms with Gasteiger partial charge in [-0.05, 0) is 55.3 Å². The highest BCUT2D eigenvalue weighted by Gasteiger charge is 2.43. The third-order valence-corrected chi connectivity index (χ3v) is 6.76. The molecule has 3 heterocycles. The zero-order chi connectivity index (χ0) is 24.9. The maximum atomic E-state index is 13.6. The second-order valence-corrected chi connectivity index (χ2v) is 9.20. The summed E-state index contributed by atoms with van der Waals surface area (Å²) < 4.78 is 7.08. The van der Waals surface area contributed by atoms with Gasteiger partial charge in [0.2, 0.25) is 5.91 Å². The molecule has 1 fully saturated rings. The molecule has 2 atom stereocenters. The minimum Gasteiger partial charge on any atom is -0.496 e. The van der Waals surface area contributed by atoms with Crippen LogP contribution in [0.4, 0.5) is 5.69 Å². The van der Waals surface area contributed by atoms with Gasteiger partial charge in [-0.2, -0.15) is 5.10 Å². The fourth-order valence-electron chi connectivity index (χ4n) is 4.62. The first-order valence-electron chi connectivity index (χ1n) is 11.2. The molecule has 3 aromatic rings. The zero-order valence-electron chi connectivity index (χ0n) is 19.5. The Morgan fingerprint density at radius 1 is 1.17 bits per heavy atom. The monoisotopic (exact) mass is 493 g/mol.